The molecule has 1 aliphatic carbocycles. The van der Waals surface area contributed by atoms with Gasteiger partial charge in [-0.3, -0.25) is 4.79 Å². The first-order valence-corrected chi connectivity index (χ1v) is 13.8. The maximum atomic E-state index is 14.9. The molecule has 0 radical (unpaired) electrons. The molecule has 0 spiro atoms. The van der Waals surface area contributed by atoms with Gasteiger partial charge < -0.3 is 15.2 Å². The van der Waals surface area contributed by atoms with E-state index in [1.807, 2.05) is 39.0 Å². The molecule has 3 atom stereocenters. The van der Waals surface area contributed by atoms with Crippen molar-refractivity contribution >= 4 is 23.0 Å². The summed E-state index contributed by atoms with van der Waals surface area (Å²) in [5.41, 5.74) is 1.15. The lowest BCUT2D eigenvalue weighted by Gasteiger charge is -2.39. The van der Waals surface area contributed by atoms with Crippen LogP contribution in [0.5, 0.6) is 0 Å². The van der Waals surface area contributed by atoms with Crippen LogP contribution in [0, 0.1) is 23.1 Å². The van der Waals surface area contributed by atoms with Gasteiger partial charge in [0.05, 0.1) is 23.4 Å². The molecule has 192 valence electrons. The van der Waals surface area contributed by atoms with E-state index in [-0.39, 0.29) is 17.6 Å². The number of nitrogens with zero attached hydrogens (tertiary/aromatic N) is 1. The lowest BCUT2D eigenvalue weighted by molar-refractivity contribution is -0.117. The Morgan fingerprint density at radius 1 is 1.19 bits per heavy atom. The number of amides is 1. The Morgan fingerprint density at radius 2 is 1.94 bits per heavy atom. The zero-order valence-electron chi connectivity index (χ0n) is 21.2. The average Bonchev–Trinajstić information content (AvgIpc) is 3.52. The largest absolute Gasteiger partial charge is 0.598 e. The molecule has 1 unspecified atom stereocenters. The second-order valence-electron chi connectivity index (χ2n) is 10.9. The third-order valence-electron chi connectivity index (χ3n) is 7.03. The first-order chi connectivity index (χ1) is 17.1. The summed E-state index contributed by atoms with van der Waals surface area (Å²) in [7, 11) is 0. The van der Waals surface area contributed by atoms with Crippen molar-refractivity contribution < 1.29 is 13.7 Å². The monoisotopic (exact) mass is 510 g/mol. The summed E-state index contributed by atoms with van der Waals surface area (Å²) in [6.07, 6.45) is 5.47. The van der Waals surface area contributed by atoms with Crippen molar-refractivity contribution in [2.45, 2.75) is 75.6 Å². The number of rotatable bonds is 9. The van der Waals surface area contributed by atoms with Crippen LogP contribution in [0.2, 0.25) is 0 Å². The molecule has 1 saturated carbocycles. The van der Waals surface area contributed by atoms with Gasteiger partial charge in [0.15, 0.2) is 0 Å². The minimum Gasteiger partial charge on any atom is -0.598 e. The van der Waals surface area contributed by atoms with Gasteiger partial charge in [-0.2, -0.15) is 5.26 Å². The summed E-state index contributed by atoms with van der Waals surface area (Å²) in [6, 6.07) is 13.8. The average molecular weight is 511 g/mol. The van der Waals surface area contributed by atoms with E-state index in [1.54, 1.807) is 18.2 Å². The Hall–Kier alpha value is -2.44. The summed E-state index contributed by atoms with van der Waals surface area (Å²) in [5, 5.41) is 15.5. The van der Waals surface area contributed by atoms with Gasteiger partial charge in [-0.25, -0.2) is 4.39 Å². The molecule has 1 saturated heterocycles. The molecule has 2 aromatic rings. The highest BCUT2D eigenvalue weighted by molar-refractivity contribution is 7.90. The smallest absolute Gasteiger partial charge is 0.241 e. The normalized spacial score (nSPS) is 20.4. The summed E-state index contributed by atoms with van der Waals surface area (Å²) < 4.78 is 31.3. The molecular formula is C28H35FN4O2S. The Kier molecular flexibility index (Phi) is 8.06. The first-order valence-electron chi connectivity index (χ1n) is 12.7. The highest BCUT2D eigenvalue weighted by Crippen LogP contribution is 2.43. The highest BCUT2D eigenvalue weighted by atomic mass is 32.2. The van der Waals surface area contributed by atoms with Crippen molar-refractivity contribution in [3.63, 3.8) is 0 Å². The molecule has 8 heteroatoms. The van der Waals surface area contributed by atoms with E-state index in [9.17, 15) is 19.0 Å². The molecule has 36 heavy (non-hydrogen) atoms. The number of benzene rings is 2. The van der Waals surface area contributed by atoms with Crippen molar-refractivity contribution in [2.24, 2.45) is 5.92 Å². The van der Waals surface area contributed by atoms with Gasteiger partial charge in [0.1, 0.15) is 16.1 Å². The number of carbonyl (C=O) groups is 1. The van der Waals surface area contributed by atoms with E-state index in [0.29, 0.717) is 29.9 Å². The van der Waals surface area contributed by atoms with Crippen LogP contribution >= 0.6 is 0 Å². The lowest BCUT2D eigenvalue weighted by Crippen LogP contribution is -2.52. The quantitative estimate of drug-likeness (QED) is 0.418. The fraction of sp³-hybridized carbons (Fsp3) is 0.500. The Bertz CT molecular complexity index is 1140. The number of hydrogen-bond donors (Lipinski definition) is 3. The maximum Gasteiger partial charge on any atom is 0.241 e. The molecular weight excluding hydrogens is 475 g/mol. The van der Waals surface area contributed by atoms with Gasteiger partial charge in [-0.15, -0.1) is 4.72 Å². The van der Waals surface area contributed by atoms with Crippen LogP contribution in [0.3, 0.4) is 0 Å². The highest BCUT2D eigenvalue weighted by Gasteiger charge is 2.43. The van der Waals surface area contributed by atoms with Gasteiger partial charge in [0.25, 0.3) is 0 Å². The molecule has 1 aliphatic heterocycles. The summed E-state index contributed by atoms with van der Waals surface area (Å²) in [5.74, 6) is -0.185. The Labute approximate surface area is 216 Å². The number of carbonyl (C=O) groups excluding carboxylic acids is 1. The molecule has 2 aliphatic rings. The molecule has 6 nitrogen and oxygen atoms in total. The Morgan fingerprint density at radius 3 is 2.58 bits per heavy atom. The SMILES string of the molecule is CC(C)(C)[S@@+]([O-])NC(CCC1CC1)(c1cccc(C#N)c1)c1ccc(F)c(NC(=O)[C@H]2CCCN2)c1. The van der Waals surface area contributed by atoms with Crippen molar-refractivity contribution in [1.29, 1.82) is 5.26 Å². The van der Waals surface area contributed by atoms with E-state index in [0.717, 1.165) is 37.8 Å². The maximum absolute atomic E-state index is 14.9. The second-order valence-corrected chi connectivity index (χ2v) is 12.9. The molecule has 4 rings (SSSR count). The molecule has 0 bridgehead atoms. The van der Waals surface area contributed by atoms with Crippen molar-refractivity contribution in [3.8, 4) is 6.07 Å². The molecule has 0 aromatic heterocycles. The van der Waals surface area contributed by atoms with Crippen molar-refractivity contribution in [1.82, 2.24) is 10.0 Å². The van der Waals surface area contributed by atoms with E-state index >= 15 is 0 Å². The number of anilines is 1. The first kappa shape index (κ1) is 26.6. The van der Waals surface area contributed by atoms with E-state index in [4.69, 9.17) is 0 Å². The molecule has 1 heterocycles. The van der Waals surface area contributed by atoms with Crippen molar-refractivity contribution in [3.05, 3.63) is 65.0 Å². The number of halogens is 1. The van der Waals surface area contributed by atoms with E-state index in [2.05, 4.69) is 21.4 Å². The van der Waals surface area contributed by atoms with E-state index < -0.39 is 27.5 Å². The van der Waals surface area contributed by atoms with Crippen LogP contribution < -0.4 is 15.4 Å². The van der Waals surface area contributed by atoms with Crippen LogP contribution in [0.1, 0.15) is 76.0 Å². The van der Waals surface area contributed by atoms with Gasteiger partial charge in [-0.05, 0) is 94.3 Å². The van der Waals surface area contributed by atoms with Crippen LogP contribution in [-0.2, 0) is 21.7 Å². The fourth-order valence-corrected chi connectivity index (χ4v) is 5.59. The third-order valence-corrected chi connectivity index (χ3v) is 8.67. The van der Waals surface area contributed by atoms with Gasteiger partial charge in [-0.1, -0.05) is 31.0 Å². The molecule has 2 aromatic carbocycles. The number of nitrogens with one attached hydrogen (secondary N) is 3. The molecule has 2 fully saturated rings. The van der Waals surface area contributed by atoms with Gasteiger partial charge in [0.2, 0.25) is 5.91 Å². The second kappa shape index (κ2) is 10.9. The zero-order chi connectivity index (χ0) is 25.9. The van der Waals surface area contributed by atoms with Gasteiger partial charge in [0, 0.05) is 11.4 Å². The zero-order valence-corrected chi connectivity index (χ0v) is 22.0. The predicted molar refractivity (Wildman–Crippen MR) is 141 cm³/mol. The van der Waals surface area contributed by atoms with E-state index in [1.165, 1.54) is 6.07 Å². The minimum absolute atomic E-state index is 0.0989. The Balaban J connectivity index is 1.81. The van der Waals surface area contributed by atoms with Gasteiger partial charge >= 0.3 is 0 Å². The summed E-state index contributed by atoms with van der Waals surface area (Å²) in [6.45, 7) is 6.47. The standard InChI is InChI=1S/C28H35FN4O2S/c1-27(2,3)36(35)33-28(14-13-19-9-10-19,21-7-4-6-20(16-21)18-30)22-11-12-23(29)25(17-22)32-26(34)24-8-5-15-31-24/h4,6-7,11-12,16-17,19,24,31,33H,5,8-10,13-15H2,1-3H3,(H,32,34)/t24-,28?,36-/m1/s1. The number of hydrogen-bond acceptors (Lipinski definition) is 5. The molecule has 1 amide bonds. The van der Waals surface area contributed by atoms with Crippen molar-refractivity contribution in [2.75, 3.05) is 11.9 Å². The van der Waals surface area contributed by atoms with Crippen LogP contribution in [0.15, 0.2) is 42.5 Å². The summed E-state index contributed by atoms with van der Waals surface area (Å²) >= 11 is -1.46. The van der Waals surface area contributed by atoms with Crippen LogP contribution in [0.25, 0.3) is 0 Å². The summed E-state index contributed by atoms with van der Waals surface area (Å²) in [4.78, 5) is 12.8. The topological polar surface area (TPSA) is 100 Å². The fourth-order valence-electron chi connectivity index (χ4n) is 4.63. The number of nitriles is 1. The lowest BCUT2D eigenvalue weighted by atomic mass is 9.79. The van der Waals surface area contributed by atoms with Crippen LogP contribution in [-0.4, -0.2) is 27.8 Å². The third kappa shape index (κ3) is 6.09. The minimum atomic E-state index is -1.46. The van der Waals surface area contributed by atoms with Crippen LogP contribution in [0.4, 0.5) is 10.1 Å². The predicted octanol–water partition coefficient (Wildman–Crippen LogP) is 4.87. The molecule has 3 N–H and O–H groups in total.